The number of aryl methyl sites for hydroxylation is 3. The summed E-state index contributed by atoms with van der Waals surface area (Å²) in [5.41, 5.74) is 7.38. The summed E-state index contributed by atoms with van der Waals surface area (Å²) in [6.45, 7) is 1.74. The summed E-state index contributed by atoms with van der Waals surface area (Å²) in [6.07, 6.45) is 24.8. The van der Waals surface area contributed by atoms with Gasteiger partial charge in [0.15, 0.2) is 0 Å². The number of nitrogens with two attached hydrogens (primary N) is 1. The molecule has 0 aromatic carbocycles. The number of allylic oxidation sites excluding steroid dienone is 1. The van der Waals surface area contributed by atoms with Gasteiger partial charge in [0, 0.05) is 51.7 Å². The van der Waals surface area contributed by atoms with Crippen molar-refractivity contribution >= 4 is 24.1 Å². The van der Waals surface area contributed by atoms with Gasteiger partial charge in [0.25, 0.3) is 0 Å². The number of aromatic nitrogens is 4. The number of hydrogen-bond donors (Lipinski definition) is 2. The second kappa shape index (κ2) is 26.3. The van der Waals surface area contributed by atoms with Gasteiger partial charge in [0.1, 0.15) is 18.5 Å². The van der Waals surface area contributed by atoms with Gasteiger partial charge in [-0.25, -0.2) is 14.6 Å². The van der Waals surface area contributed by atoms with Gasteiger partial charge in [-0.2, -0.15) is 0 Å². The Morgan fingerprint density at radius 1 is 0.900 bits per heavy atom. The van der Waals surface area contributed by atoms with Crippen LogP contribution in [-0.2, 0) is 57.4 Å². The molecule has 1 amide bonds. The van der Waals surface area contributed by atoms with E-state index in [9.17, 15) is 14.4 Å². The first kappa shape index (κ1) is 46.9. The Balaban J connectivity index is 1.07. The summed E-state index contributed by atoms with van der Waals surface area (Å²) in [6, 6.07) is 0. The van der Waals surface area contributed by atoms with Crippen LogP contribution in [0.4, 0.5) is 4.79 Å². The lowest BCUT2D eigenvalue weighted by Gasteiger charge is -2.38. The molecule has 3 N–H and O–H groups in total. The number of carbonyl (C=O) groups is 3. The lowest BCUT2D eigenvalue weighted by Crippen LogP contribution is -2.42. The molecule has 0 radical (unpaired) electrons. The number of nitrogens with one attached hydrogen (secondary N) is 1. The van der Waals surface area contributed by atoms with Gasteiger partial charge in [-0.1, -0.05) is 43.0 Å². The number of oxazole rings is 1. The maximum Gasteiger partial charge on any atom is 0.407 e. The largest absolute Gasteiger partial charge is 0.462 e. The Morgan fingerprint density at radius 2 is 1.65 bits per heavy atom. The summed E-state index contributed by atoms with van der Waals surface area (Å²) in [7, 11) is 3.03. The van der Waals surface area contributed by atoms with Gasteiger partial charge in [0.2, 0.25) is 5.89 Å². The van der Waals surface area contributed by atoms with Crippen LogP contribution in [0.2, 0.25) is 0 Å². The Bertz CT molecular complexity index is 1630. The summed E-state index contributed by atoms with van der Waals surface area (Å²) >= 11 is 0. The molecular formula is C44H68N6O10. The number of ether oxygens (including phenoxy) is 6. The second-order valence-electron chi connectivity index (χ2n) is 16.3. The maximum absolute atomic E-state index is 13.5. The average molecular weight is 841 g/mol. The van der Waals surface area contributed by atoms with Crippen LogP contribution in [0.5, 0.6) is 0 Å². The minimum absolute atomic E-state index is 0.0570. The molecule has 2 aromatic rings. The van der Waals surface area contributed by atoms with Crippen molar-refractivity contribution < 1.29 is 47.2 Å². The van der Waals surface area contributed by atoms with E-state index in [2.05, 4.69) is 25.3 Å². The second-order valence-corrected chi connectivity index (χ2v) is 16.3. The van der Waals surface area contributed by atoms with E-state index >= 15 is 0 Å². The highest BCUT2D eigenvalue weighted by molar-refractivity contribution is 5.82. The van der Waals surface area contributed by atoms with Crippen molar-refractivity contribution in [2.75, 3.05) is 27.3 Å². The van der Waals surface area contributed by atoms with Crippen LogP contribution < -0.4 is 11.1 Å². The first-order chi connectivity index (χ1) is 29.3. The lowest BCUT2D eigenvalue weighted by atomic mass is 9.91. The Labute approximate surface area is 354 Å². The fourth-order valence-corrected chi connectivity index (χ4v) is 8.29. The Kier molecular flexibility index (Phi) is 20.5. The van der Waals surface area contributed by atoms with Crippen LogP contribution in [0.25, 0.3) is 6.08 Å². The van der Waals surface area contributed by atoms with E-state index in [1.54, 1.807) is 31.6 Å². The van der Waals surface area contributed by atoms with Crippen molar-refractivity contribution in [3.63, 3.8) is 0 Å². The zero-order valence-corrected chi connectivity index (χ0v) is 35.7. The van der Waals surface area contributed by atoms with E-state index in [0.717, 1.165) is 101 Å². The SMILES string of the molecule is COC(=O)NC/C=C\c1nc(CC/C=C\C(=O)O[C@@H]2C[C@H]3C[C@H](OC)C[C@@H]4CCC[C@@H](C[C@H](CCCCCCCCc5cn(CCCN)nn5)OC(=O)C[C@@H](C2)O3)O4)co1. The third kappa shape index (κ3) is 17.5. The molecule has 2 aromatic heterocycles. The van der Waals surface area contributed by atoms with Gasteiger partial charge in [-0.3, -0.25) is 9.48 Å². The predicted molar refractivity (Wildman–Crippen MR) is 223 cm³/mol. The molecule has 0 saturated carbocycles. The molecule has 0 unspecified atom stereocenters. The minimum atomic E-state index is -0.518. The third-order valence-electron chi connectivity index (χ3n) is 11.3. The highest BCUT2D eigenvalue weighted by Gasteiger charge is 2.37. The Morgan fingerprint density at radius 3 is 2.47 bits per heavy atom. The lowest BCUT2D eigenvalue weighted by molar-refractivity contribution is -0.171. The van der Waals surface area contributed by atoms with Gasteiger partial charge in [-0.05, 0) is 89.7 Å². The number of fused-ring (bicyclic) bond motifs is 4. The van der Waals surface area contributed by atoms with Crippen LogP contribution in [0, 0.1) is 0 Å². The number of nitrogens with zero attached hydrogens (tertiary/aromatic N) is 4. The van der Waals surface area contributed by atoms with E-state index in [1.807, 2.05) is 10.9 Å². The zero-order valence-electron chi connectivity index (χ0n) is 35.7. The molecule has 0 aliphatic carbocycles. The van der Waals surface area contributed by atoms with Crippen LogP contribution in [0.3, 0.4) is 0 Å². The summed E-state index contributed by atoms with van der Waals surface area (Å²) < 4.78 is 43.1. The summed E-state index contributed by atoms with van der Waals surface area (Å²) in [4.78, 5) is 42.1. The quantitative estimate of drug-likeness (QED) is 0.0610. The number of rotatable bonds is 21. The number of esters is 2. The van der Waals surface area contributed by atoms with Gasteiger partial charge >= 0.3 is 18.0 Å². The molecule has 0 spiro atoms. The van der Waals surface area contributed by atoms with Crippen LogP contribution >= 0.6 is 0 Å². The first-order valence-electron chi connectivity index (χ1n) is 22.2. The molecule has 16 heteroatoms. The number of amides is 1. The Hall–Kier alpha value is -4.12. The van der Waals surface area contributed by atoms with E-state index < -0.39 is 24.3 Å². The van der Waals surface area contributed by atoms with Crippen molar-refractivity contribution in [1.82, 2.24) is 25.3 Å². The number of carbonyl (C=O) groups excluding carboxylic acids is 3. The normalized spacial score (nSPS) is 25.2. The van der Waals surface area contributed by atoms with Gasteiger partial charge in [-0.15, -0.1) is 5.10 Å². The van der Waals surface area contributed by atoms with E-state index in [0.29, 0.717) is 51.0 Å². The number of alkyl carbamates (subject to hydrolysis) is 1. The molecule has 334 valence electrons. The van der Waals surface area contributed by atoms with Gasteiger partial charge < -0.3 is 43.9 Å². The molecule has 4 bridgehead atoms. The zero-order chi connectivity index (χ0) is 42.4. The molecule has 60 heavy (non-hydrogen) atoms. The number of methoxy groups -OCH3 is 2. The number of unbranched alkanes of at least 4 members (excludes halogenated alkanes) is 5. The average Bonchev–Trinajstić information content (AvgIpc) is 3.89. The monoisotopic (exact) mass is 840 g/mol. The van der Waals surface area contributed by atoms with E-state index in [4.69, 9.17) is 33.8 Å². The fourth-order valence-electron chi connectivity index (χ4n) is 8.29. The molecule has 5 heterocycles. The maximum atomic E-state index is 13.5. The van der Waals surface area contributed by atoms with E-state index in [1.165, 1.54) is 13.2 Å². The topological polar surface area (TPSA) is 201 Å². The molecule has 5 rings (SSSR count). The first-order valence-corrected chi connectivity index (χ1v) is 22.2. The van der Waals surface area contributed by atoms with Crippen LogP contribution in [0.15, 0.2) is 35.1 Å². The van der Waals surface area contributed by atoms with Crippen LogP contribution in [-0.4, -0.2) is 108 Å². The smallest absolute Gasteiger partial charge is 0.407 e. The molecule has 3 aliphatic heterocycles. The highest BCUT2D eigenvalue weighted by Crippen LogP contribution is 2.33. The summed E-state index contributed by atoms with van der Waals surface area (Å²) in [5, 5.41) is 11.0. The van der Waals surface area contributed by atoms with Crippen molar-refractivity contribution in [3.05, 3.63) is 48.0 Å². The molecular weight excluding hydrogens is 773 g/mol. The number of cyclic esters (lactones) is 1. The molecule has 7 atom stereocenters. The van der Waals surface area contributed by atoms with Crippen molar-refractivity contribution in [2.24, 2.45) is 5.73 Å². The number of hydrogen-bond acceptors (Lipinski definition) is 14. The molecule has 3 aliphatic rings. The summed E-state index contributed by atoms with van der Waals surface area (Å²) in [5.74, 6) is -0.308. The molecule has 16 nitrogen and oxygen atoms in total. The van der Waals surface area contributed by atoms with E-state index in [-0.39, 0.29) is 49.5 Å². The van der Waals surface area contributed by atoms with Crippen molar-refractivity contribution in [2.45, 2.75) is 178 Å². The van der Waals surface area contributed by atoms with Crippen molar-refractivity contribution in [1.29, 1.82) is 0 Å². The fraction of sp³-hybridized carbons (Fsp3) is 0.727. The van der Waals surface area contributed by atoms with Gasteiger partial charge in [0.05, 0.1) is 55.4 Å². The van der Waals surface area contributed by atoms with Crippen molar-refractivity contribution in [3.8, 4) is 0 Å². The minimum Gasteiger partial charge on any atom is -0.462 e. The molecule has 3 fully saturated rings. The highest BCUT2D eigenvalue weighted by atomic mass is 16.6. The predicted octanol–water partition coefficient (Wildman–Crippen LogP) is 6.34. The standard InChI is InChI=1S/C44H68N6O10/c1-54-37-25-35-18-11-17-34(57-35)24-36(16-8-6-4-3-5-7-14-32-30-50(49-48-32)23-13-21-45)59-43(52)29-40-28-39(27-38(26-37)58-40)60-42(51)20-10-9-15-33-31-56-41(47-33)19-12-22-46-44(53)55-2/h10,12,19-20,30-31,34-40H,3-9,11,13-18,21-29,45H2,1-2H3,(H,46,53)/b19-12-,20-10-/t34-,35-,36-,37+,38+,39+,40+/m0/s1. The van der Waals surface area contributed by atoms with Crippen LogP contribution in [0.1, 0.15) is 133 Å². The molecule has 3 saturated heterocycles. The third-order valence-corrected chi connectivity index (χ3v) is 11.3.